The molecular formula is C12H15ClIN. The van der Waals surface area contributed by atoms with Crippen LogP contribution in [0.15, 0.2) is 18.2 Å². The Bertz CT molecular complexity index is 334. The van der Waals surface area contributed by atoms with Gasteiger partial charge in [-0.25, -0.2) is 0 Å². The average molecular weight is 336 g/mol. The zero-order valence-corrected chi connectivity index (χ0v) is 11.6. The Morgan fingerprint density at radius 2 is 1.93 bits per heavy atom. The SMILES string of the molecule is Clc1ccc(I)c(CN2CCCCC2)c1. The van der Waals surface area contributed by atoms with Crippen LogP contribution in [0.25, 0.3) is 0 Å². The summed E-state index contributed by atoms with van der Waals surface area (Å²) in [4.78, 5) is 2.53. The van der Waals surface area contributed by atoms with Crippen molar-refractivity contribution in [2.24, 2.45) is 0 Å². The molecule has 15 heavy (non-hydrogen) atoms. The molecule has 1 nitrogen and oxygen atoms in total. The first-order valence-corrected chi connectivity index (χ1v) is 6.87. The maximum Gasteiger partial charge on any atom is 0.0409 e. The van der Waals surface area contributed by atoms with Gasteiger partial charge in [-0.3, -0.25) is 4.90 Å². The van der Waals surface area contributed by atoms with E-state index in [4.69, 9.17) is 11.6 Å². The summed E-state index contributed by atoms with van der Waals surface area (Å²) in [6, 6.07) is 6.16. The molecule has 1 aliphatic rings. The van der Waals surface area contributed by atoms with Crippen molar-refractivity contribution in [3.8, 4) is 0 Å². The van der Waals surface area contributed by atoms with Gasteiger partial charge in [0.2, 0.25) is 0 Å². The number of halogens is 2. The molecule has 1 saturated heterocycles. The van der Waals surface area contributed by atoms with E-state index >= 15 is 0 Å². The molecule has 0 radical (unpaired) electrons. The molecule has 0 N–H and O–H groups in total. The Kier molecular flexibility index (Phi) is 4.29. The fourth-order valence-corrected chi connectivity index (χ4v) is 2.72. The maximum atomic E-state index is 6.01. The Balaban J connectivity index is 2.05. The van der Waals surface area contributed by atoms with E-state index in [1.54, 1.807) is 0 Å². The lowest BCUT2D eigenvalue weighted by atomic mass is 10.1. The quantitative estimate of drug-likeness (QED) is 0.740. The van der Waals surface area contributed by atoms with Gasteiger partial charge in [-0.2, -0.15) is 0 Å². The van der Waals surface area contributed by atoms with Crippen LogP contribution in [0.4, 0.5) is 0 Å². The summed E-state index contributed by atoms with van der Waals surface area (Å²) in [6.07, 6.45) is 4.08. The number of hydrogen-bond donors (Lipinski definition) is 0. The van der Waals surface area contributed by atoms with Crippen molar-refractivity contribution >= 4 is 34.2 Å². The minimum atomic E-state index is 0.849. The summed E-state index contributed by atoms with van der Waals surface area (Å²) >= 11 is 8.40. The third-order valence-corrected chi connectivity index (χ3v) is 4.14. The highest BCUT2D eigenvalue weighted by atomic mass is 127. The third kappa shape index (κ3) is 3.33. The van der Waals surface area contributed by atoms with Gasteiger partial charge in [0.25, 0.3) is 0 Å². The first kappa shape index (κ1) is 11.7. The minimum absolute atomic E-state index is 0.849. The van der Waals surface area contributed by atoms with Crippen LogP contribution in [0.3, 0.4) is 0 Å². The molecule has 3 heteroatoms. The molecule has 0 aromatic heterocycles. The van der Waals surface area contributed by atoms with Gasteiger partial charge in [-0.05, 0) is 72.3 Å². The first-order chi connectivity index (χ1) is 7.25. The maximum absolute atomic E-state index is 6.01. The van der Waals surface area contributed by atoms with E-state index in [1.807, 2.05) is 6.07 Å². The molecule has 0 aliphatic carbocycles. The second-order valence-corrected chi connectivity index (χ2v) is 5.67. The van der Waals surface area contributed by atoms with Crippen LogP contribution in [-0.4, -0.2) is 18.0 Å². The number of rotatable bonds is 2. The van der Waals surface area contributed by atoms with E-state index < -0.39 is 0 Å². The fourth-order valence-electron chi connectivity index (χ4n) is 2.02. The van der Waals surface area contributed by atoms with Gasteiger partial charge in [0.15, 0.2) is 0 Å². The van der Waals surface area contributed by atoms with Gasteiger partial charge >= 0.3 is 0 Å². The van der Waals surface area contributed by atoms with Crippen LogP contribution < -0.4 is 0 Å². The summed E-state index contributed by atoms with van der Waals surface area (Å²) in [5.74, 6) is 0. The Labute approximate surface area is 110 Å². The summed E-state index contributed by atoms with van der Waals surface area (Å²) in [5.41, 5.74) is 1.37. The zero-order valence-electron chi connectivity index (χ0n) is 8.68. The monoisotopic (exact) mass is 335 g/mol. The van der Waals surface area contributed by atoms with Gasteiger partial charge in [-0.1, -0.05) is 18.0 Å². The molecule has 1 heterocycles. The number of nitrogens with zero attached hydrogens (tertiary/aromatic N) is 1. The van der Waals surface area contributed by atoms with Crippen LogP contribution in [0.5, 0.6) is 0 Å². The lowest BCUT2D eigenvalue weighted by molar-refractivity contribution is 0.220. The second-order valence-electron chi connectivity index (χ2n) is 4.07. The van der Waals surface area contributed by atoms with Gasteiger partial charge in [0.1, 0.15) is 0 Å². The topological polar surface area (TPSA) is 3.24 Å². The molecule has 2 rings (SSSR count). The molecular weight excluding hydrogens is 320 g/mol. The smallest absolute Gasteiger partial charge is 0.0409 e. The molecule has 1 aromatic carbocycles. The molecule has 0 atom stereocenters. The highest BCUT2D eigenvalue weighted by Crippen LogP contribution is 2.21. The summed E-state index contributed by atoms with van der Waals surface area (Å²) in [5, 5.41) is 0.849. The van der Waals surface area contributed by atoms with Crippen molar-refractivity contribution in [3.05, 3.63) is 32.4 Å². The van der Waals surface area contributed by atoms with Crippen LogP contribution >= 0.6 is 34.2 Å². The Hall–Kier alpha value is 0.200. The van der Waals surface area contributed by atoms with Crippen LogP contribution in [0.2, 0.25) is 5.02 Å². The van der Waals surface area contributed by atoms with Crippen molar-refractivity contribution in [1.82, 2.24) is 4.90 Å². The van der Waals surface area contributed by atoms with Crippen molar-refractivity contribution in [3.63, 3.8) is 0 Å². The van der Waals surface area contributed by atoms with E-state index in [0.717, 1.165) is 11.6 Å². The Morgan fingerprint density at radius 1 is 1.20 bits per heavy atom. The highest BCUT2D eigenvalue weighted by Gasteiger charge is 2.11. The van der Waals surface area contributed by atoms with E-state index in [0.29, 0.717) is 0 Å². The predicted molar refractivity (Wildman–Crippen MR) is 73.3 cm³/mol. The van der Waals surface area contributed by atoms with Crippen LogP contribution in [-0.2, 0) is 6.54 Å². The summed E-state index contributed by atoms with van der Waals surface area (Å²) < 4.78 is 1.32. The molecule has 0 bridgehead atoms. The number of piperidine rings is 1. The van der Waals surface area contributed by atoms with Gasteiger partial charge < -0.3 is 0 Å². The molecule has 82 valence electrons. The second kappa shape index (κ2) is 5.51. The van der Waals surface area contributed by atoms with Gasteiger partial charge in [-0.15, -0.1) is 0 Å². The normalized spacial score (nSPS) is 18.0. The number of likely N-dealkylation sites (tertiary alicyclic amines) is 1. The minimum Gasteiger partial charge on any atom is -0.299 e. The standard InChI is InChI=1S/C12H15ClIN/c13-11-4-5-12(14)10(8-11)9-15-6-2-1-3-7-15/h4-5,8H,1-3,6-7,9H2. The average Bonchev–Trinajstić information content (AvgIpc) is 2.25. The van der Waals surface area contributed by atoms with Crippen LogP contribution in [0, 0.1) is 3.57 Å². The number of benzene rings is 1. The molecule has 1 fully saturated rings. The Morgan fingerprint density at radius 3 is 2.67 bits per heavy atom. The predicted octanol–water partition coefficient (Wildman–Crippen LogP) is 3.93. The van der Waals surface area contributed by atoms with E-state index in [9.17, 15) is 0 Å². The molecule has 0 amide bonds. The van der Waals surface area contributed by atoms with Gasteiger partial charge in [0, 0.05) is 15.1 Å². The lowest BCUT2D eigenvalue weighted by Gasteiger charge is -2.26. The summed E-state index contributed by atoms with van der Waals surface area (Å²) in [6.45, 7) is 3.53. The van der Waals surface area contributed by atoms with Gasteiger partial charge in [0.05, 0.1) is 0 Å². The molecule has 0 unspecified atom stereocenters. The number of hydrogen-bond acceptors (Lipinski definition) is 1. The van der Waals surface area contributed by atoms with E-state index in [1.165, 1.54) is 41.5 Å². The molecule has 0 saturated carbocycles. The first-order valence-electron chi connectivity index (χ1n) is 5.42. The lowest BCUT2D eigenvalue weighted by Crippen LogP contribution is -2.29. The van der Waals surface area contributed by atoms with Crippen molar-refractivity contribution < 1.29 is 0 Å². The third-order valence-electron chi connectivity index (χ3n) is 2.85. The fraction of sp³-hybridized carbons (Fsp3) is 0.500. The van der Waals surface area contributed by atoms with E-state index in [-0.39, 0.29) is 0 Å². The largest absolute Gasteiger partial charge is 0.299 e. The molecule has 1 aromatic rings. The van der Waals surface area contributed by atoms with Crippen LogP contribution in [0.1, 0.15) is 24.8 Å². The van der Waals surface area contributed by atoms with Crippen molar-refractivity contribution in [2.45, 2.75) is 25.8 Å². The van der Waals surface area contributed by atoms with Crippen molar-refractivity contribution in [1.29, 1.82) is 0 Å². The van der Waals surface area contributed by atoms with Crippen molar-refractivity contribution in [2.75, 3.05) is 13.1 Å². The molecule has 1 aliphatic heterocycles. The highest BCUT2D eigenvalue weighted by molar-refractivity contribution is 14.1. The zero-order chi connectivity index (χ0) is 10.7. The summed E-state index contributed by atoms with van der Waals surface area (Å²) in [7, 11) is 0. The molecule has 0 spiro atoms. The van der Waals surface area contributed by atoms with E-state index in [2.05, 4.69) is 39.6 Å².